The van der Waals surface area contributed by atoms with Crippen molar-refractivity contribution in [2.45, 2.75) is 19.9 Å². The van der Waals surface area contributed by atoms with Crippen molar-refractivity contribution in [2.24, 2.45) is 0 Å². The van der Waals surface area contributed by atoms with E-state index in [1.165, 1.54) is 0 Å². The van der Waals surface area contributed by atoms with Crippen LogP contribution in [0.4, 0.5) is 5.69 Å². The number of rotatable bonds is 5. The normalized spacial score (nSPS) is 11.5. The molecule has 3 aromatic rings. The van der Waals surface area contributed by atoms with Gasteiger partial charge < -0.3 is 10.6 Å². The molecule has 4 heteroatoms. The van der Waals surface area contributed by atoms with Crippen molar-refractivity contribution in [3.8, 4) is 0 Å². The predicted molar refractivity (Wildman–Crippen MR) is 108 cm³/mol. The van der Waals surface area contributed by atoms with E-state index in [0.717, 1.165) is 11.1 Å². The summed E-state index contributed by atoms with van der Waals surface area (Å²) in [5.41, 5.74) is 3.50. The van der Waals surface area contributed by atoms with Crippen LogP contribution in [0.1, 0.15) is 44.8 Å². The lowest BCUT2D eigenvalue weighted by molar-refractivity contribution is 0.0941. The van der Waals surface area contributed by atoms with Gasteiger partial charge in [0.25, 0.3) is 11.8 Å². The molecule has 1 atom stereocenters. The average Bonchev–Trinajstić information content (AvgIpc) is 2.69. The summed E-state index contributed by atoms with van der Waals surface area (Å²) in [6.07, 6.45) is 0. The largest absolute Gasteiger partial charge is 0.345 e. The van der Waals surface area contributed by atoms with Gasteiger partial charge in [0.15, 0.2) is 0 Å². The van der Waals surface area contributed by atoms with Crippen molar-refractivity contribution in [2.75, 3.05) is 5.32 Å². The molecule has 0 aliphatic heterocycles. The Labute approximate surface area is 159 Å². The Morgan fingerprint density at radius 1 is 0.815 bits per heavy atom. The quantitative estimate of drug-likeness (QED) is 0.692. The Balaban J connectivity index is 1.77. The highest BCUT2D eigenvalue weighted by Crippen LogP contribution is 2.19. The molecule has 0 aromatic heterocycles. The number of hydrogen-bond acceptors (Lipinski definition) is 2. The minimum Gasteiger partial charge on any atom is -0.345 e. The summed E-state index contributed by atoms with van der Waals surface area (Å²) in [4.78, 5) is 25.3. The smallest absolute Gasteiger partial charge is 0.255 e. The van der Waals surface area contributed by atoms with Gasteiger partial charge in [0.1, 0.15) is 0 Å². The number of hydrogen-bond donors (Lipinski definition) is 2. The van der Waals surface area contributed by atoms with Gasteiger partial charge in [0, 0.05) is 5.56 Å². The van der Waals surface area contributed by atoms with Gasteiger partial charge in [-0.05, 0) is 43.7 Å². The molecule has 27 heavy (non-hydrogen) atoms. The van der Waals surface area contributed by atoms with Crippen LogP contribution < -0.4 is 10.6 Å². The molecule has 4 nitrogen and oxygen atoms in total. The van der Waals surface area contributed by atoms with E-state index < -0.39 is 0 Å². The van der Waals surface area contributed by atoms with Gasteiger partial charge in [0.2, 0.25) is 0 Å². The monoisotopic (exact) mass is 358 g/mol. The molecule has 0 bridgehead atoms. The van der Waals surface area contributed by atoms with Crippen molar-refractivity contribution in [1.82, 2.24) is 5.32 Å². The summed E-state index contributed by atoms with van der Waals surface area (Å²) in [6, 6.07) is 24.0. The number of aryl methyl sites for hydroxylation is 1. The third-order valence-electron chi connectivity index (χ3n) is 4.35. The Morgan fingerprint density at radius 3 is 2.26 bits per heavy atom. The summed E-state index contributed by atoms with van der Waals surface area (Å²) in [7, 11) is 0. The lowest BCUT2D eigenvalue weighted by atomic mass is 10.1. The van der Waals surface area contributed by atoms with E-state index in [0.29, 0.717) is 16.8 Å². The fraction of sp³-hybridized carbons (Fsp3) is 0.130. The fourth-order valence-electron chi connectivity index (χ4n) is 2.87. The second-order valence-electron chi connectivity index (χ2n) is 6.48. The Kier molecular flexibility index (Phi) is 5.67. The van der Waals surface area contributed by atoms with Gasteiger partial charge in [-0.2, -0.15) is 0 Å². The van der Waals surface area contributed by atoms with Gasteiger partial charge in [0.05, 0.1) is 17.3 Å². The van der Waals surface area contributed by atoms with Gasteiger partial charge in [-0.25, -0.2) is 0 Å². The maximum atomic E-state index is 12.8. The number of para-hydroxylation sites is 1. The average molecular weight is 358 g/mol. The van der Waals surface area contributed by atoms with Crippen LogP contribution in [0.5, 0.6) is 0 Å². The van der Waals surface area contributed by atoms with Crippen LogP contribution in [0.25, 0.3) is 0 Å². The van der Waals surface area contributed by atoms with Crippen LogP contribution in [0.3, 0.4) is 0 Å². The first-order valence-corrected chi connectivity index (χ1v) is 8.87. The zero-order chi connectivity index (χ0) is 19.2. The minimum absolute atomic E-state index is 0.140. The zero-order valence-corrected chi connectivity index (χ0v) is 15.4. The molecule has 3 rings (SSSR count). The molecule has 0 radical (unpaired) electrons. The van der Waals surface area contributed by atoms with E-state index in [4.69, 9.17) is 0 Å². The summed E-state index contributed by atoms with van der Waals surface area (Å²) < 4.78 is 0. The molecule has 136 valence electrons. The van der Waals surface area contributed by atoms with Gasteiger partial charge in [-0.15, -0.1) is 0 Å². The number of carbonyl (C=O) groups excluding carboxylic acids is 2. The van der Waals surface area contributed by atoms with E-state index in [1.807, 2.05) is 62.4 Å². The summed E-state index contributed by atoms with van der Waals surface area (Å²) in [6.45, 7) is 3.87. The molecule has 0 aliphatic rings. The number of nitrogens with one attached hydrogen (secondary N) is 2. The predicted octanol–water partition coefficient (Wildman–Crippen LogP) is 4.74. The van der Waals surface area contributed by atoms with E-state index in [9.17, 15) is 9.59 Å². The lowest BCUT2D eigenvalue weighted by Gasteiger charge is -2.16. The first-order valence-electron chi connectivity index (χ1n) is 8.87. The van der Waals surface area contributed by atoms with Crippen molar-refractivity contribution < 1.29 is 9.59 Å². The number of amides is 2. The second-order valence-corrected chi connectivity index (χ2v) is 6.48. The molecule has 0 saturated carbocycles. The maximum absolute atomic E-state index is 12.8. The van der Waals surface area contributed by atoms with Crippen molar-refractivity contribution >= 4 is 17.5 Å². The molecular formula is C23H22N2O2. The molecule has 0 heterocycles. The maximum Gasteiger partial charge on any atom is 0.255 e. The Bertz CT molecular complexity index is 951. The molecule has 1 unspecified atom stereocenters. The summed E-state index contributed by atoms with van der Waals surface area (Å²) in [5.74, 6) is -0.471. The Morgan fingerprint density at radius 2 is 1.52 bits per heavy atom. The first kappa shape index (κ1) is 18.4. The van der Waals surface area contributed by atoms with Gasteiger partial charge >= 0.3 is 0 Å². The fourth-order valence-corrected chi connectivity index (χ4v) is 2.87. The highest BCUT2D eigenvalue weighted by atomic mass is 16.2. The van der Waals surface area contributed by atoms with E-state index in [-0.39, 0.29) is 17.9 Å². The molecule has 0 aliphatic carbocycles. The molecule has 2 amide bonds. The molecule has 0 spiro atoms. The standard InChI is InChI=1S/C23H22N2O2/c1-16-9-8-12-19(15-16)22(26)25-21-14-7-6-13-20(21)23(27)24-17(2)18-10-4-3-5-11-18/h3-15,17H,1-2H3,(H,24,27)(H,25,26). The van der Waals surface area contributed by atoms with Crippen molar-refractivity contribution in [3.63, 3.8) is 0 Å². The molecule has 0 fully saturated rings. The number of anilines is 1. The van der Waals surface area contributed by atoms with Crippen molar-refractivity contribution in [1.29, 1.82) is 0 Å². The van der Waals surface area contributed by atoms with E-state index >= 15 is 0 Å². The van der Waals surface area contributed by atoms with Gasteiger partial charge in [-0.3, -0.25) is 9.59 Å². The van der Waals surface area contributed by atoms with Crippen LogP contribution in [0.15, 0.2) is 78.9 Å². The number of carbonyl (C=O) groups is 2. The lowest BCUT2D eigenvalue weighted by Crippen LogP contribution is -2.28. The second kappa shape index (κ2) is 8.32. The Hall–Kier alpha value is -3.40. The third-order valence-corrected chi connectivity index (χ3v) is 4.35. The third kappa shape index (κ3) is 4.61. The highest BCUT2D eigenvalue weighted by molar-refractivity contribution is 6.09. The van der Waals surface area contributed by atoms with Crippen LogP contribution in [0.2, 0.25) is 0 Å². The van der Waals surface area contributed by atoms with Crippen LogP contribution in [0, 0.1) is 6.92 Å². The van der Waals surface area contributed by atoms with Crippen LogP contribution in [-0.2, 0) is 0 Å². The zero-order valence-electron chi connectivity index (χ0n) is 15.4. The van der Waals surface area contributed by atoms with Crippen LogP contribution >= 0.6 is 0 Å². The summed E-state index contributed by atoms with van der Waals surface area (Å²) in [5, 5.41) is 5.83. The first-order chi connectivity index (χ1) is 13.0. The molecular weight excluding hydrogens is 336 g/mol. The van der Waals surface area contributed by atoms with Crippen molar-refractivity contribution in [3.05, 3.63) is 101 Å². The minimum atomic E-state index is -0.241. The molecule has 0 saturated heterocycles. The highest BCUT2D eigenvalue weighted by Gasteiger charge is 2.16. The van der Waals surface area contributed by atoms with E-state index in [1.54, 1.807) is 30.3 Å². The van der Waals surface area contributed by atoms with Crippen LogP contribution in [-0.4, -0.2) is 11.8 Å². The molecule has 2 N–H and O–H groups in total. The SMILES string of the molecule is Cc1cccc(C(=O)Nc2ccccc2C(=O)NC(C)c2ccccc2)c1. The van der Waals surface area contributed by atoms with Gasteiger partial charge in [-0.1, -0.05) is 60.2 Å². The summed E-state index contributed by atoms with van der Waals surface area (Å²) >= 11 is 0. The van der Waals surface area contributed by atoms with E-state index in [2.05, 4.69) is 10.6 Å². The number of benzene rings is 3. The molecule has 3 aromatic carbocycles. The topological polar surface area (TPSA) is 58.2 Å².